The normalized spacial score (nSPS) is 13.6. The molecule has 1 fully saturated rings. The number of hydrogen-bond acceptors (Lipinski definition) is 4. The van der Waals surface area contributed by atoms with E-state index in [0.717, 1.165) is 37.0 Å². The molecule has 1 aliphatic rings. The Morgan fingerprint density at radius 1 is 0.968 bits per heavy atom. The Bertz CT molecular complexity index is 919. The summed E-state index contributed by atoms with van der Waals surface area (Å²) in [4.78, 5) is 37.2. The van der Waals surface area contributed by atoms with E-state index in [-0.39, 0.29) is 24.6 Å². The molecule has 0 aliphatic heterocycles. The second-order valence-corrected chi connectivity index (χ2v) is 7.95. The van der Waals surface area contributed by atoms with Gasteiger partial charge in [0.05, 0.1) is 17.4 Å². The Balaban J connectivity index is 1.54. The molecule has 0 atom stereocenters. The Morgan fingerprint density at radius 2 is 1.65 bits per heavy atom. The number of benzene rings is 2. The third kappa shape index (κ3) is 6.57. The summed E-state index contributed by atoms with van der Waals surface area (Å²) in [6.45, 7) is 4.10. The summed E-state index contributed by atoms with van der Waals surface area (Å²) in [6.07, 6.45) is 4.23. The zero-order valence-electron chi connectivity index (χ0n) is 17.9. The largest absolute Gasteiger partial charge is 0.491 e. The van der Waals surface area contributed by atoms with Crippen LogP contribution in [0.5, 0.6) is 5.75 Å². The number of carbonyl (C=O) groups excluding carboxylic acids is 3. The van der Waals surface area contributed by atoms with Gasteiger partial charge in [0.2, 0.25) is 0 Å². The predicted molar refractivity (Wildman–Crippen MR) is 119 cm³/mol. The van der Waals surface area contributed by atoms with Crippen LogP contribution in [0.15, 0.2) is 48.5 Å². The molecule has 3 N–H and O–H groups in total. The quantitative estimate of drug-likeness (QED) is 0.595. The van der Waals surface area contributed by atoms with Crippen LogP contribution in [0.3, 0.4) is 0 Å². The molecule has 164 valence electrons. The van der Waals surface area contributed by atoms with Gasteiger partial charge in [-0.3, -0.25) is 14.4 Å². The Labute approximate surface area is 182 Å². The first-order chi connectivity index (χ1) is 14.9. The van der Waals surface area contributed by atoms with Crippen LogP contribution in [0.4, 0.5) is 5.69 Å². The van der Waals surface area contributed by atoms with E-state index in [4.69, 9.17) is 4.74 Å². The van der Waals surface area contributed by atoms with Crippen LogP contribution in [0.1, 0.15) is 55.5 Å². The average Bonchev–Trinajstić information content (AvgIpc) is 3.26. The van der Waals surface area contributed by atoms with E-state index in [1.54, 1.807) is 24.3 Å². The van der Waals surface area contributed by atoms with Gasteiger partial charge >= 0.3 is 11.8 Å². The number of anilines is 1. The lowest BCUT2D eigenvalue weighted by atomic mass is 10.1. The Morgan fingerprint density at radius 3 is 2.32 bits per heavy atom. The topological polar surface area (TPSA) is 96.5 Å². The van der Waals surface area contributed by atoms with E-state index in [1.165, 1.54) is 0 Å². The predicted octanol–water partition coefficient (Wildman–Crippen LogP) is 3.40. The van der Waals surface area contributed by atoms with Crippen molar-refractivity contribution in [3.8, 4) is 5.75 Å². The molecule has 7 heteroatoms. The molecule has 0 heterocycles. The van der Waals surface area contributed by atoms with Crippen molar-refractivity contribution < 1.29 is 19.1 Å². The maximum Gasteiger partial charge on any atom is 0.313 e. The fourth-order valence-electron chi connectivity index (χ4n) is 3.52. The minimum absolute atomic E-state index is 0.0809. The fourth-order valence-corrected chi connectivity index (χ4v) is 3.52. The summed E-state index contributed by atoms with van der Waals surface area (Å²) >= 11 is 0. The lowest BCUT2D eigenvalue weighted by Crippen LogP contribution is -2.36. The van der Waals surface area contributed by atoms with Crippen LogP contribution in [0.2, 0.25) is 0 Å². The van der Waals surface area contributed by atoms with Gasteiger partial charge in [0, 0.05) is 12.6 Å². The molecule has 0 aromatic heterocycles. The number of para-hydroxylation sites is 1. The Hall–Kier alpha value is -3.35. The summed E-state index contributed by atoms with van der Waals surface area (Å²) in [6, 6.07) is 14.2. The van der Waals surface area contributed by atoms with Gasteiger partial charge in [-0.1, -0.05) is 37.1 Å². The fraction of sp³-hybridized carbons (Fsp3) is 0.375. The van der Waals surface area contributed by atoms with Gasteiger partial charge < -0.3 is 20.7 Å². The zero-order chi connectivity index (χ0) is 22.2. The van der Waals surface area contributed by atoms with Crippen LogP contribution in [-0.4, -0.2) is 29.9 Å². The third-order valence-corrected chi connectivity index (χ3v) is 5.06. The summed E-state index contributed by atoms with van der Waals surface area (Å²) in [7, 11) is 0. The van der Waals surface area contributed by atoms with Gasteiger partial charge in [-0.15, -0.1) is 0 Å². The van der Waals surface area contributed by atoms with Gasteiger partial charge in [-0.25, -0.2) is 0 Å². The number of nitrogens with one attached hydrogen (secondary N) is 3. The summed E-state index contributed by atoms with van der Waals surface area (Å²) < 4.78 is 5.59. The van der Waals surface area contributed by atoms with Crippen molar-refractivity contribution in [1.29, 1.82) is 0 Å². The highest BCUT2D eigenvalue weighted by atomic mass is 16.5. The first-order valence-electron chi connectivity index (χ1n) is 10.7. The maximum atomic E-state index is 12.6. The van der Waals surface area contributed by atoms with Crippen molar-refractivity contribution in [2.45, 2.75) is 58.2 Å². The second kappa shape index (κ2) is 10.6. The van der Waals surface area contributed by atoms with Crippen molar-refractivity contribution >= 4 is 23.4 Å². The standard InChI is InChI=1S/C24H29N3O4/c1-16(2)31-19-13-11-17(12-14-19)15-25-23(29)24(30)27-21-10-6-5-9-20(21)22(28)26-18-7-3-4-8-18/h5-6,9-14,16,18H,3-4,7-8,15H2,1-2H3,(H,25,29)(H,26,28)(H,27,30). The second-order valence-electron chi connectivity index (χ2n) is 7.95. The van der Waals surface area contributed by atoms with Crippen LogP contribution < -0.4 is 20.7 Å². The highest BCUT2D eigenvalue weighted by Gasteiger charge is 2.21. The van der Waals surface area contributed by atoms with E-state index in [2.05, 4.69) is 16.0 Å². The molecule has 0 bridgehead atoms. The van der Waals surface area contributed by atoms with Gasteiger partial charge in [0.15, 0.2) is 0 Å². The van der Waals surface area contributed by atoms with Gasteiger partial charge in [0.1, 0.15) is 5.75 Å². The number of rotatable bonds is 7. The van der Waals surface area contributed by atoms with E-state index < -0.39 is 11.8 Å². The highest BCUT2D eigenvalue weighted by Crippen LogP contribution is 2.20. The molecule has 2 aromatic rings. The first kappa shape index (κ1) is 22.3. The maximum absolute atomic E-state index is 12.6. The summed E-state index contributed by atoms with van der Waals surface area (Å²) in [5, 5.41) is 8.15. The molecule has 31 heavy (non-hydrogen) atoms. The number of carbonyl (C=O) groups is 3. The van der Waals surface area contributed by atoms with Crippen LogP contribution >= 0.6 is 0 Å². The molecule has 7 nitrogen and oxygen atoms in total. The minimum atomic E-state index is -0.819. The molecule has 0 unspecified atom stereocenters. The van der Waals surface area contributed by atoms with Crippen LogP contribution in [-0.2, 0) is 16.1 Å². The first-order valence-corrected chi connectivity index (χ1v) is 10.7. The number of hydrogen-bond donors (Lipinski definition) is 3. The SMILES string of the molecule is CC(C)Oc1ccc(CNC(=O)C(=O)Nc2ccccc2C(=O)NC2CCCC2)cc1. The molecule has 1 aliphatic carbocycles. The molecule has 0 saturated heterocycles. The number of ether oxygens (including phenoxy) is 1. The monoisotopic (exact) mass is 423 g/mol. The lowest BCUT2D eigenvalue weighted by molar-refractivity contribution is -0.136. The van der Waals surface area contributed by atoms with E-state index in [0.29, 0.717) is 11.3 Å². The van der Waals surface area contributed by atoms with E-state index >= 15 is 0 Å². The zero-order valence-corrected chi connectivity index (χ0v) is 17.9. The molecule has 3 amide bonds. The summed E-state index contributed by atoms with van der Waals surface area (Å²) in [5.41, 5.74) is 1.50. The number of amides is 3. The minimum Gasteiger partial charge on any atom is -0.491 e. The van der Waals surface area contributed by atoms with Gasteiger partial charge in [0.25, 0.3) is 5.91 Å². The van der Waals surface area contributed by atoms with Gasteiger partial charge in [-0.2, -0.15) is 0 Å². The molecular weight excluding hydrogens is 394 g/mol. The Kier molecular flexibility index (Phi) is 7.65. The van der Waals surface area contributed by atoms with E-state index in [1.807, 2.05) is 38.1 Å². The molecule has 3 rings (SSSR count). The average molecular weight is 424 g/mol. The molecule has 0 spiro atoms. The van der Waals surface area contributed by atoms with Crippen molar-refractivity contribution in [2.24, 2.45) is 0 Å². The third-order valence-electron chi connectivity index (χ3n) is 5.06. The lowest BCUT2D eigenvalue weighted by Gasteiger charge is -2.15. The van der Waals surface area contributed by atoms with Crippen molar-refractivity contribution in [1.82, 2.24) is 10.6 Å². The smallest absolute Gasteiger partial charge is 0.313 e. The molecule has 0 radical (unpaired) electrons. The van der Waals surface area contributed by atoms with Crippen molar-refractivity contribution in [3.05, 3.63) is 59.7 Å². The van der Waals surface area contributed by atoms with Crippen molar-refractivity contribution in [2.75, 3.05) is 5.32 Å². The summed E-state index contributed by atoms with van der Waals surface area (Å²) in [5.74, 6) is -1.09. The van der Waals surface area contributed by atoms with Gasteiger partial charge in [-0.05, 0) is 56.5 Å². The highest BCUT2D eigenvalue weighted by molar-refractivity contribution is 6.40. The molecule has 1 saturated carbocycles. The van der Waals surface area contributed by atoms with Crippen molar-refractivity contribution in [3.63, 3.8) is 0 Å². The molecular formula is C24H29N3O4. The van der Waals surface area contributed by atoms with Crippen LogP contribution in [0, 0.1) is 0 Å². The van der Waals surface area contributed by atoms with Crippen LogP contribution in [0.25, 0.3) is 0 Å². The van der Waals surface area contributed by atoms with E-state index in [9.17, 15) is 14.4 Å². The molecule has 2 aromatic carbocycles.